The van der Waals surface area contributed by atoms with Crippen molar-refractivity contribution in [2.45, 2.75) is 6.42 Å². The van der Waals surface area contributed by atoms with Gasteiger partial charge in [0.15, 0.2) is 0 Å². The van der Waals surface area contributed by atoms with Crippen molar-refractivity contribution < 1.29 is 33.3 Å². The molecule has 2 aromatic rings. The first-order chi connectivity index (χ1) is 9.63. The summed E-state index contributed by atoms with van der Waals surface area (Å²) in [6.07, 6.45) is 0.806. The van der Waals surface area contributed by atoms with Crippen molar-refractivity contribution in [3.63, 3.8) is 0 Å². The summed E-state index contributed by atoms with van der Waals surface area (Å²) < 4.78 is 18.0. The number of hydrogen-bond donors (Lipinski definition) is 0. The standard InChI is InChI=1S/C10H8O2.C6H5F.W/c1-12-9-4-2-3-7-5-6-8(11)10(7)9;7-6-4-2-1-3-5-6;/h2-4H,5H2,1H3;1-5H;. The zero-order chi connectivity index (χ0) is 14.5. The summed E-state index contributed by atoms with van der Waals surface area (Å²) in [5.41, 5.74) is 1.88. The predicted molar refractivity (Wildman–Crippen MR) is 72.4 cm³/mol. The van der Waals surface area contributed by atoms with Gasteiger partial charge in [0, 0.05) is 0 Å². The number of rotatable bonds is 1. The molecule has 0 atom stereocenters. The molecule has 1 aliphatic rings. The van der Waals surface area contributed by atoms with Gasteiger partial charge in [0.25, 0.3) is 0 Å². The maximum atomic E-state index is 11.9. The quantitative estimate of drug-likeness (QED) is 0.682. The molecule has 0 bridgehead atoms. The van der Waals surface area contributed by atoms with Gasteiger partial charge in [0.1, 0.15) is 5.82 Å². The summed E-state index contributed by atoms with van der Waals surface area (Å²) in [6, 6.07) is 13.7. The number of carbonyl (C=O) groups is 1. The maximum Gasteiger partial charge on any atom is 0.123 e. The van der Waals surface area contributed by atoms with Crippen LogP contribution in [0.3, 0.4) is 0 Å². The van der Waals surface area contributed by atoms with Gasteiger partial charge >= 0.3 is 87.2 Å². The number of hydrogen-bond acceptors (Lipinski definition) is 2. The van der Waals surface area contributed by atoms with E-state index in [1.54, 1.807) is 25.3 Å². The Kier molecular flexibility index (Phi) is 4.97. The van der Waals surface area contributed by atoms with Gasteiger partial charge < -0.3 is 0 Å². The molecule has 3 rings (SSSR count). The van der Waals surface area contributed by atoms with Gasteiger partial charge in [-0.3, -0.25) is 0 Å². The molecule has 0 radical (unpaired) electrons. The fourth-order valence-electron chi connectivity index (χ4n) is 1.96. The van der Waals surface area contributed by atoms with E-state index in [1.165, 1.54) is 31.5 Å². The van der Waals surface area contributed by atoms with Crippen LogP contribution in [0.1, 0.15) is 15.9 Å². The van der Waals surface area contributed by atoms with Crippen molar-refractivity contribution in [3.8, 4) is 5.75 Å². The molecule has 1 aliphatic carbocycles. The molecular weight excluding hydrogens is 427 g/mol. The monoisotopic (exact) mass is 440 g/mol. The second-order valence-corrected chi connectivity index (χ2v) is 5.99. The third kappa shape index (κ3) is 3.29. The Balaban J connectivity index is 0.000000178. The van der Waals surface area contributed by atoms with Crippen LogP contribution in [0.25, 0.3) is 0 Å². The van der Waals surface area contributed by atoms with E-state index < -0.39 is 0 Å². The predicted octanol–water partition coefficient (Wildman–Crippen LogP) is 2.98. The molecule has 20 heavy (non-hydrogen) atoms. The molecule has 0 heterocycles. The first-order valence-corrected chi connectivity index (χ1v) is 7.54. The van der Waals surface area contributed by atoms with Gasteiger partial charge in [-0.15, -0.1) is 0 Å². The second kappa shape index (κ2) is 6.71. The summed E-state index contributed by atoms with van der Waals surface area (Å²) in [7, 11) is 1.60. The molecule has 0 aliphatic heterocycles. The van der Waals surface area contributed by atoms with Crippen molar-refractivity contribution in [1.82, 2.24) is 0 Å². The molecule has 0 N–H and O–H groups in total. The van der Waals surface area contributed by atoms with Crippen LogP contribution in [-0.4, -0.2) is 16.8 Å². The Morgan fingerprint density at radius 2 is 1.80 bits per heavy atom. The smallest absolute Gasteiger partial charge is 0.123 e. The molecule has 0 spiro atoms. The number of ether oxygens (including phenoxy) is 1. The number of Topliss-reactive ketones (excluding diaryl/α,β-unsaturated/α-hetero) is 1. The van der Waals surface area contributed by atoms with E-state index in [0.29, 0.717) is 5.75 Å². The SMILES string of the molecule is COc1cccc2c1C(=O)[C](=[W])C2.Fc1ccccc1. The third-order valence-corrected chi connectivity index (χ3v) is 4.08. The molecule has 0 amide bonds. The summed E-state index contributed by atoms with van der Waals surface area (Å²) in [5, 5.41) is 0. The first-order valence-electron chi connectivity index (χ1n) is 6.07. The molecule has 4 heteroatoms. The van der Waals surface area contributed by atoms with Crippen LogP contribution in [0.2, 0.25) is 0 Å². The van der Waals surface area contributed by atoms with Gasteiger partial charge in [0.2, 0.25) is 0 Å². The minimum Gasteiger partial charge on any atom is -0.207 e. The molecule has 102 valence electrons. The maximum absolute atomic E-state index is 11.9. The fourth-order valence-corrected chi connectivity index (χ4v) is 2.88. The average molecular weight is 440 g/mol. The molecule has 2 aromatic carbocycles. The van der Waals surface area contributed by atoms with E-state index in [2.05, 4.69) is 0 Å². The van der Waals surface area contributed by atoms with Crippen LogP contribution in [0, 0.1) is 5.82 Å². The van der Waals surface area contributed by atoms with E-state index in [4.69, 9.17) is 4.74 Å². The number of carbonyl (C=O) groups excluding carboxylic acids is 1. The number of ketones is 1. The van der Waals surface area contributed by atoms with E-state index in [0.717, 1.165) is 21.4 Å². The minimum absolute atomic E-state index is 0.169. The summed E-state index contributed by atoms with van der Waals surface area (Å²) in [5.74, 6) is 0.698. The first kappa shape index (κ1) is 14.8. The summed E-state index contributed by atoms with van der Waals surface area (Å²) >= 11 is 1.26. The largest absolute Gasteiger partial charge is 0.207 e. The van der Waals surface area contributed by atoms with Gasteiger partial charge in [-0.05, 0) is 12.1 Å². The van der Waals surface area contributed by atoms with Crippen molar-refractivity contribution in [1.29, 1.82) is 0 Å². The van der Waals surface area contributed by atoms with Crippen molar-refractivity contribution in [2.75, 3.05) is 7.11 Å². The van der Waals surface area contributed by atoms with E-state index >= 15 is 0 Å². The minimum atomic E-state index is -0.178. The Morgan fingerprint density at radius 1 is 1.10 bits per heavy atom. The topological polar surface area (TPSA) is 26.3 Å². The molecule has 0 unspecified atom stereocenters. The van der Waals surface area contributed by atoms with E-state index in [-0.39, 0.29) is 11.6 Å². The molecule has 0 saturated heterocycles. The molecule has 2 nitrogen and oxygen atoms in total. The average Bonchev–Trinajstić information content (AvgIpc) is 2.76. The zero-order valence-corrected chi connectivity index (χ0v) is 13.9. The Hall–Kier alpha value is -1.60. The Morgan fingerprint density at radius 3 is 2.35 bits per heavy atom. The second-order valence-electron chi connectivity index (χ2n) is 4.22. The van der Waals surface area contributed by atoms with Crippen molar-refractivity contribution in [2.24, 2.45) is 0 Å². The molecule has 0 aromatic heterocycles. The van der Waals surface area contributed by atoms with Crippen LogP contribution < -0.4 is 4.74 Å². The van der Waals surface area contributed by atoms with Crippen LogP contribution in [-0.2, 0) is 25.8 Å². The molecular formula is C16H13FO2W. The normalized spacial score (nSPS) is 12.5. The van der Waals surface area contributed by atoms with Gasteiger partial charge in [0.05, 0.1) is 0 Å². The number of fused-ring (bicyclic) bond motifs is 1. The molecule has 0 saturated carbocycles. The van der Waals surface area contributed by atoms with Crippen LogP contribution in [0.15, 0.2) is 48.5 Å². The van der Waals surface area contributed by atoms with Crippen LogP contribution >= 0.6 is 0 Å². The summed E-state index contributed by atoms with van der Waals surface area (Å²) in [6.45, 7) is 0. The van der Waals surface area contributed by atoms with E-state index in [1.807, 2.05) is 18.2 Å². The van der Waals surface area contributed by atoms with Crippen LogP contribution in [0.5, 0.6) is 5.75 Å². The van der Waals surface area contributed by atoms with Crippen molar-refractivity contribution >= 4 is 9.68 Å². The van der Waals surface area contributed by atoms with E-state index in [9.17, 15) is 9.18 Å². The molecule has 0 fully saturated rings. The van der Waals surface area contributed by atoms with Gasteiger partial charge in [-0.2, -0.15) is 0 Å². The Labute approximate surface area is 128 Å². The number of halogens is 1. The summed E-state index contributed by atoms with van der Waals surface area (Å²) in [4.78, 5) is 11.7. The van der Waals surface area contributed by atoms with Crippen LogP contribution in [0.4, 0.5) is 4.39 Å². The third-order valence-electron chi connectivity index (χ3n) is 2.90. The van der Waals surface area contributed by atoms with Gasteiger partial charge in [-0.25, -0.2) is 4.39 Å². The van der Waals surface area contributed by atoms with Crippen molar-refractivity contribution in [3.05, 3.63) is 65.5 Å². The number of benzene rings is 2. The Bertz CT molecular complexity index is 638. The fraction of sp³-hybridized carbons (Fsp3) is 0.125. The number of methoxy groups -OCH3 is 1. The zero-order valence-electron chi connectivity index (χ0n) is 10.9. The van der Waals surface area contributed by atoms with Gasteiger partial charge in [-0.1, -0.05) is 18.2 Å².